The molecule has 0 radical (unpaired) electrons. The molecule has 3 unspecified atom stereocenters. The van der Waals surface area contributed by atoms with E-state index >= 15 is 0 Å². The largest absolute Gasteiger partial charge is 0.481 e. The van der Waals surface area contributed by atoms with Gasteiger partial charge in [0.1, 0.15) is 0 Å². The number of carboxylic acids is 3. The molecule has 10 heteroatoms. The van der Waals surface area contributed by atoms with Gasteiger partial charge in [-0.25, -0.2) is 0 Å². The Labute approximate surface area is 94.8 Å². The van der Waals surface area contributed by atoms with E-state index in [1.165, 1.54) is 0 Å². The smallest absolute Gasteiger partial charge is 0.340 e. The molecule has 17 heavy (non-hydrogen) atoms. The summed E-state index contributed by atoms with van der Waals surface area (Å²) in [5.41, 5.74) is -2.59. The van der Waals surface area contributed by atoms with Crippen molar-refractivity contribution in [1.29, 1.82) is 0 Å². The van der Waals surface area contributed by atoms with Crippen molar-refractivity contribution in [1.82, 2.24) is 0 Å². The second kappa shape index (κ2) is 5.26. The Balaban J connectivity index is 5.57. The van der Waals surface area contributed by atoms with Crippen LogP contribution in [0.1, 0.15) is 6.92 Å². The van der Waals surface area contributed by atoms with E-state index in [2.05, 4.69) is 0 Å². The Morgan fingerprint density at radius 3 is 1.53 bits per heavy atom. The highest BCUT2D eigenvalue weighted by molar-refractivity contribution is 7.53. The summed E-state index contributed by atoms with van der Waals surface area (Å²) in [5, 5.41) is 25.9. The van der Waals surface area contributed by atoms with Gasteiger partial charge in [0, 0.05) is 0 Å². The maximum absolute atomic E-state index is 10.9. The number of rotatable bonds is 6. The normalized spacial score (nSPS) is 16.9. The van der Waals surface area contributed by atoms with Gasteiger partial charge >= 0.3 is 25.5 Å². The standard InChI is InChI=1S/C7H11O9P/c1-2(5(8)9)3(6(10)11)4(7(12)13)17(14,15)16/h2-4H,1H3,(H,8,9)(H,10,11)(H,12,13)(H2,14,15,16). The third-order valence-electron chi connectivity index (χ3n) is 2.17. The van der Waals surface area contributed by atoms with Crippen molar-refractivity contribution >= 4 is 25.5 Å². The van der Waals surface area contributed by atoms with E-state index in [4.69, 9.17) is 25.1 Å². The summed E-state index contributed by atoms with van der Waals surface area (Å²) < 4.78 is 10.9. The van der Waals surface area contributed by atoms with Crippen LogP contribution in [-0.4, -0.2) is 48.7 Å². The van der Waals surface area contributed by atoms with E-state index in [0.717, 1.165) is 6.92 Å². The maximum Gasteiger partial charge on any atom is 0.340 e. The van der Waals surface area contributed by atoms with Gasteiger partial charge in [-0.05, 0) is 0 Å². The average Bonchev–Trinajstić information content (AvgIpc) is 2.09. The first-order valence-electron chi connectivity index (χ1n) is 4.23. The molecular weight excluding hydrogens is 259 g/mol. The molecule has 0 bridgehead atoms. The van der Waals surface area contributed by atoms with Crippen molar-refractivity contribution in [3.8, 4) is 0 Å². The van der Waals surface area contributed by atoms with Crippen LogP contribution >= 0.6 is 7.60 Å². The molecule has 0 aliphatic carbocycles. The number of hydrogen-bond donors (Lipinski definition) is 5. The fourth-order valence-electron chi connectivity index (χ4n) is 1.28. The highest BCUT2D eigenvalue weighted by atomic mass is 31.2. The highest BCUT2D eigenvalue weighted by Crippen LogP contribution is 2.47. The van der Waals surface area contributed by atoms with Gasteiger partial charge in [0.25, 0.3) is 0 Å². The van der Waals surface area contributed by atoms with E-state index in [1.54, 1.807) is 0 Å². The van der Waals surface area contributed by atoms with Crippen molar-refractivity contribution < 1.29 is 44.1 Å². The summed E-state index contributed by atoms with van der Waals surface area (Å²) in [6.07, 6.45) is 0. The minimum Gasteiger partial charge on any atom is -0.481 e. The SMILES string of the molecule is CC(C(=O)O)C(C(=O)O)C(C(=O)O)P(=O)(O)O. The zero-order valence-corrected chi connectivity index (χ0v) is 9.44. The predicted octanol–water partition coefficient (Wildman–Crippen LogP) is -0.961. The lowest BCUT2D eigenvalue weighted by atomic mass is 9.90. The Morgan fingerprint density at radius 1 is 0.941 bits per heavy atom. The minimum atomic E-state index is -5.28. The van der Waals surface area contributed by atoms with Gasteiger partial charge in [-0.3, -0.25) is 18.9 Å². The Kier molecular flexibility index (Phi) is 4.81. The van der Waals surface area contributed by atoms with Crippen LogP contribution < -0.4 is 0 Å². The number of hydrogen-bond acceptors (Lipinski definition) is 4. The molecule has 0 rings (SSSR count). The Bertz CT molecular complexity index is 383. The molecule has 0 amide bonds. The summed E-state index contributed by atoms with van der Waals surface area (Å²) in [4.78, 5) is 49.6. The minimum absolute atomic E-state index is 0.868. The van der Waals surface area contributed by atoms with E-state index in [0.29, 0.717) is 0 Å². The van der Waals surface area contributed by atoms with Crippen molar-refractivity contribution in [3.63, 3.8) is 0 Å². The second-order valence-electron chi connectivity index (χ2n) is 3.36. The number of aliphatic carboxylic acids is 3. The Morgan fingerprint density at radius 2 is 1.35 bits per heavy atom. The number of carbonyl (C=O) groups is 3. The van der Waals surface area contributed by atoms with Gasteiger partial charge in [-0.15, -0.1) is 0 Å². The molecule has 0 heterocycles. The second-order valence-corrected chi connectivity index (χ2v) is 5.10. The van der Waals surface area contributed by atoms with Crippen molar-refractivity contribution in [2.75, 3.05) is 0 Å². The van der Waals surface area contributed by atoms with Gasteiger partial charge in [0.2, 0.25) is 0 Å². The molecule has 0 fully saturated rings. The van der Waals surface area contributed by atoms with Crippen LogP contribution in [0.3, 0.4) is 0 Å². The average molecular weight is 270 g/mol. The first kappa shape index (κ1) is 15.6. The zero-order chi connectivity index (χ0) is 14.0. The molecule has 9 nitrogen and oxygen atoms in total. The Hall–Kier alpha value is -1.44. The molecule has 0 aromatic carbocycles. The predicted molar refractivity (Wildman–Crippen MR) is 51.4 cm³/mol. The molecule has 0 saturated carbocycles. The van der Waals surface area contributed by atoms with Crippen molar-refractivity contribution in [2.45, 2.75) is 12.6 Å². The lowest BCUT2D eigenvalue weighted by Crippen LogP contribution is -2.41. The third-order valence-corrected chi connectivity index (χ3v) is 3.44. The maximum atomic E-state index is 10.9. The fourth-order valence-corrected chi connectivity index (χ4v) is 2.37. The first-order chi connectivity index (χ1) is 7.50. The summed E-state index contributed by atoms with van der Waals surface area (Å²) in [6, 6.07) is 0. The monoisotopic (exact) mass is 270 g/mol. The van der Waals surface area contributed by atoms with E-state index in [9.17, 15) is 18.9 Å². The molecule has 0 aliphatic rings. The van der Waals surface area contributed by atoms with E-state index in [1.807, 2.05) is 0 Å². The fraction of sp³-hybridized carbons (Fsp3) is 0.571. The molecule has 0 aliphatic heterocycles. The molecule has 5 N–H and O–H groups in total. The van der Waals surface area contributed by atoms with Crippen molar-refractivity contribution in [3.05, 3.63) is 0 Å². The van der Waals surface area contributed by atoms with E-state index < -0.39 is 43.0 Å². The van der Waals surface area contributed by atoms with Crippen LogP contribution in [0.4, 0.5) is 0 Å². The van der Waals surface area contributed by atoms with Crippen LogP contribution in [0.25, 0.3) is 0 Å². The third kappa shape index (κ3) is 3.81. The molecule has 0 aromatic heterocycles. The molecule has 0 saturated heterocycles. The summed E-state index contributed by atoms with van der Waals surface area (Å²) in [7, 11) is -5.28. The van der Waals surface area contributed by atoms with Crippen molar-refractivity contribution in [2.24, 2.45) is 11.8 Å². The molecule has 0 aromatic rings. The summed E-state index contributed by atoms with van der Waals surface area (Å²) in [5.74, 6) is -9.57. The molecule has 3 atom stereocenters. The lowest BCUT2D eigenvalue weighted by molar-refractivity contribution is -0.156. The topological polar surface area (TPSA) is 169 Å². The first-order valence-corrected chi connectivity index (χ1v) is 5.92. The van der Waals surface area contributed by atoms with Crippen LogP contribution in [-0.2, 0) is 18.9 Å². The van der Waals surface area contributed by atoms with Crippen LogP contribution in [0, 0.1) is 11.8 Å². The highest BCUT2D eigenvalue weighted by Gasteiger charge is 2.50. The van der Waals surface area contributed by atoms with E-state index in [-0.39, 0.29) is 0 Å². The summed E-state index contributed by atoms with van der Waals surface area (Å²) >= 11 is 0. The van der Waals surface area contributed by atoms with Gasteiger partial charge in [0.05, 0.1) is 11.8 Å². The summed E-state index contributed by atoms with van der Waals surface area (Å²) in [6.45, 7) is 0.868. The molecular formula is C7H11O9P. The lowest BCUT2D eigenvalue weighted by Gasteiger charge is -2.23. The van der Waals surface area contributed by atoms with Gasteiger partial charge < -0.3 is 25.1 Å². The van der Waals surface area contributed by atoms with Crippen LogP contribution in [0.15, 0.2) is 0 Å². The number of carboxylic acid groups (broad SMARTS) is 3. The van der Waals surface area contributed by atoms with Gasteiger partial charge in [-0.2, -0.15) is 0 Å². The quantitative estimate of drug-likeness (QED) is 0.381. The molecule has 98 valence electrons. The van der Waals surface area contributed by atoms with Gasteiger partial charge in [-0.1, -0.05) is 6.92 Å². The zero-order valence-electron chi connectivity index (χ0n) is 8.55. The van der Waals surface area contributed by atoms with Crippen LogP contribution in [0.2, 0.25) is 0 Å². The molecule has 0 spiro atoms. The van der Waals surface area contributed by atoms with Crippen LogP contribution in [0.5, 0.6) is 0 Å². The van der Waals surface area contributed by atoms with Gasteiger partial charge in [0.15, 0.2) is 5.66 Å².